The van der Waals surface area contributed by atoms with E-state index in [-0.39, 0.29) is 17.1 Å². The number of likely N-dealkylation sites (tertiary alicyclic amines) is 1. The number of hydrogen-bond donors (Lipinski definition) is 2. The number of fused-ring (bicyclic) bond motifs is 1. The lowest BCUT2D eigenvalue weighted by atomic mass is 9.99. The van der Waals surface area contributed by atoms with Crippen molar-refractivity contribution in [1.29, 1.82) is 0 Å². The third kappa shape index (κ3) is 3.17. The molecular weight excluding hydrogens is 342 g/mol. The summed E-state index contributed by atoms with van der Waals surface area (Å²) >= 11 is 0. The zero-order chi connectivity index (χ0) is 18.9. The summed E-state index contributed by atoms with van der Waals surface area (Å²) in [5, 5.41) is 2.98. The van der Waals surface area contributed by atoms with Gasteiger partial charge in [-0.2, -0.15) is 0 Å². The molecule has 0 radical (unpaired) electrons. The Morgan fingerprint density at radius 1 is 1.11 bits per heavy atom. The second-order valence-corrected chi connectivity index (χ2v) is 7.56. The summed E-state index contributed by atoms with van der Waals surface area (Å²) < 4.78 is 6.55. The Labute approximate surface area is 159 Å². The third-order valence-corrected chi connectivity index (χ3v) is 5.95. The van der Waals surface area contributed by atoms with Crippen LogP contribution in [0.1, 0.15) is 43.2 Å². The average Bonchev–Trinajstić information content (AvgIpc) is 3.10. The molecular formula is C21H27N3O3. The van der Waals surface area contributed by atoms with Crippen LogP contribution < -0.4 is 21.9 Å². The summed E-state index contributed by atoms with van der Waals surface area (Å²) in [5.74, 6) is 0. The van der Waals surface area contributed by atoms with Crippen LogP contribution in [0.25, 0.3) is 0 Å². The molecule has 6 heteroatoms. The fraction of sp³-hybridized carbons (Fsp3) is 0.524. The van der Waals surface area contributed by atoms with Crippen molar-refractivity contribution in [3.63, 3.8) is 0 Å². The lowest BCUT2D eigenvalue weighted by Crippen LogP contribution is -2.49. The van der Waals surface area contributed by atoms with Crippen molar-refractivity contribution >= 4 is 11.4 Å². The van der Waals surface area contributed by atoms with E-state index in [4.69, 9.17) is 10.5 Å². The number of nitrogens with zero attached hydrogens (tertiary/aromatic N) is 1. The first-order chi connectivity index (χ1) is 13.1. The van der Waals surface area contributed by atoms with E-state index in [1.165, 1.54) is 30.4 Å². The van der Waals surface area contributed by atoms with E-state index in [0.29, 0.717) is 13.2 Å². The lowest BCUT2D eigenvalue weighted by molar-refractivity contribution is -0.169. The quantitative estimate of drug-likeness (QED) is 0.573. The summed E-state index contributed by atoms with van der Waals surface area (Å²) in [7, 11) is 0. The summed E-state index contributed by atoms with van der Waals surface area (Å²) in [6, 6.07) is 8.62. The maximum absolute atomic E-state index is 11.5. The van der Waals surface area contributed by atoms with Crippen LogP contribution in [0, 0.1) is 0 Å². The first kappa shape index (κ1) is 18.2. The van der Waals surface area contributed by atoms with Crippen molar-refractivity contribution in [3.8, 4) is 0 Å². The summed E-state index contributed by atoms with van der Waals surface area (Å²) in [5.41, 5.74) is 7.15. The molecule has 3 N–H and O–H groups in total. The molecule has 0 amide bonds. The number of benzene rings is 1. The Bertz CT molecular complexity index is 881. The highest BCUT2D eigenvalue weighted by Gasteiger charge is 2.44. The van der Waals surface area contributed by atoms with Crippen molar-refractivity contribution in [2.24, 2.45) is 0 Å². The Morgan fingerprint density at radius 2 is 1.89 bits per heavy atom. The van der Waals surface area contributed by atoms with E-state index in [9.17, 15) is 9.59 Å². The van der Waals surface area contributed by atoms with Crippen LogP contribution >= 0.6 is 0 Å². The highest BCUT2D eigenvalue weighted by molar-refractivity contribution is 5.71. The van der Waals surface area contributed by atoms with E-state index in [1.54, 1.807) is 0 Å². The van der Waals surface area contributed by atoms with E-state index in [0.717, 1.165) is 32.4 Å². The fourth-order valence-electron chi connectivity index (χ4n) is 4.49. The number of piperidine rings is 1. The second-order valence-electron chi connectivity index (χ2n) is 7.56. The molecule has 1 aliphatic heterocycles. The number of nitrogens with one attached hydrogen (secondary N) is 1. The van der Waals surface area contributed by atoms with Gasteiger partial charge in [-0.25, -0.2) is 0 Å². The van der Waals surface area contributed by atoms with Crippen LogP contribution in [-0.2, 0) is 16.9 Å². The molecule has 27 heavy (non-hydrogen) atoms. The van der Waals surface area contributed by atoms with Crippen molar-refractivity contribution in [3.05, 3.63) is 55.8 Å². The van der Waals surface area contributed by atoms with Gasteiger partial charge < -0.3 is 15.8 Å². The molecule has 6 nitrogen and oxygen atoms in total. The molecule has 0 spiro atoms. The minimum absolute atomic E-state index is 0.0513. The maximum atomic E-state index is 11.5. The van der Waals surface area contributed by atoms with Gasteiger partial charge in [-0.3, -0.25) is 14.5 Å². The molecule has 1 unspecified atom stereocenters. The normalized spacial score (nSPS) is 22.8. The number of rotatable bonds is 7. The first-order valence-electron chi connectivity index (χ1n) is 9.93. The molecule has 1 heterocycles. The minimum Gasteiger partial charge on any atom is -0.394 e. The smallest absolute Gasteiger partial charge is 0.253 e. The van der Waals surface area contributed by atoms with E-state index < -0.39 is 10.9 Å². The number of anilines is 2. The Morgan fingerprint density at radius 3 is 2.67 bits per heavy atom. The van der Waals surface area contributed by atoms with Crippen LogP contribution in [0.5, 0.6) is 0 Å². The maximum Gasteiger partial charge on any atom is 0.253 e. The first-order valence-corrected chi connectivity index (χ1v) is 9.93. The number of aryl methyl sites for hydroxylation is 1. The molecule has 2 aromatic carbocycles. The monoisotopic (exact) mass is 369 g/mol. The van der Waals surface area contributed by atoms with Crippen LogP contribution in [0.3, 0.4) is 0 Å². The zero-order valence-electron chi connectivity index (χ0n) is 15.6. The van der Waals surface area contributed by atoms with Gasteiger partial charge in [0.1, 0.15) is 17.1 Å². The van der Waals surface area contributed by atoms with Crippen molar-refractivity contribution < 1.29 is 4.74 Å². The van der Waals surface area contributed by atoms with E-state index >= 15 is 0 Å². The molecule has 1 atom stereocenters. The topological polar surface area (TPSA) is 84.7 Å². The molecule has 0 bridgehead atoms. The van der Waals surface area contributed by atoms with Crippen LogP contribution in [0.15, 0.2) is 33.9 Å². The van der Waals surface area contributed by atoms with Gasteiger partial charge in [0.15, 0.2) is 0 Å². The van der Waals surface area contributed by atoms with Gasteiger partial charge in [0, 0.05) is 25.2 Å². The van der Waals surface area contributed by atoms with Crippen LogP contribution in [0.4, 0.5) is 11.4 Å². The fourth-order valence-corrected chi connectivity index (χ4v) is 4.49. The molecule has 1 fully saturated rings. The van der Waals surface area contributed by atoms with Gasteiger partial charge >= 0.3 is 0 Å². The van der Waals surface area contributed by atoms with Gasteiger partial charge in [0.25, 0.3) is 10.9 Å². The third-order valence-electron chi connectivity index (χ3n) is 5.95. The number of hydrogen-bond acceptors (Lipinski definition) is 6. The van der Waals surface area contributed by atoms with E-state index in [2.05, 4.69) is 34.5 Å². The van der Waals surface area contributed by atoms with Crippen molar-refractivity contribution in [2.45, 2.75) is 44.2 Å². The second kappa shape index (κ2) is 7.44. The molecule has 2 aliphatic rings. The summed E-state index contributed by atoms with van der Waals surface area (Å²) in [4.78, 5) is 25.1. The zero-order valence-corrected chi connectivity index (χ0v) is 15.6. The molecule has 0 aromatic heterocycles. The lowest BCUT2D eigenvalue weighted by Gasteiger charge is -2.44. The molecule has 1 aliphatic carbocycles. The standard InChI is InChI=1S/C21H27N3O3/c22-17-18(20(26)19(17)25)23-11-6-14-27-21(24-12-4-1-5-13-24)10-9-15-7-2-3-8-16(15)21/h2-3,7-8,23H,1,4-6,9-14,22H2. The van der Waals surface area contributed by atoms with Crippen molar-refractivity contribution in [2.75, 3.05) is 37.3 Å². The van der Waals surface area contributed by atoms with Gasteiger partial charge in [-0.15, -0.1) is 0 Å². The predicted octanol–water partition coefficient (Wildman–Crippen LogP) is 1.97. The Kier molecular flexibility index (Phi) is 5.02. The molecule has 2 aromatic rings. The SMILES string of the molecule is Nc1c(NCCCOC2(N3CCCCC3)CCc3ccccc32)c(=O)c1=O. The summed E-state index contributed by atoms with van der Waals surface area (Å²) in [6.45, 7) is 3.30. The Hall–Kier alpha value is -2.18. The Balaban J connectivity index is 1.40. The van der Waals surface area contributed by atoms with Gasteiger partial charge in [-0.1, -0.05) is 30.7 Å². The summed E-state index contributed by atoms with van der Waals surface area (Å²) in [6.07, 6.45) is 6.52. The number of nitrogen functional groups attached to an aromatic ring is 1. The van der Waals surface area contributed by atoms with Gasteiger partial charge in [0.05, 0.1) is 6.61 Å². The number of nitrogens with two attached hydrogens (primary N) is 1. The molecule has 4 rings (SSSR count). The highest BCUT2D eigenvalue weighted by atomic mass is 16.5. The van der Waals surface area contributed by atoms with Gasteiger partial charge in [-0.05, 0) is 37.7 Å². The van der Waals surface area contributed by atoms with Crippen LogP contribution in [0.2, 0.25) is 0 Å². The van der Waals surface area contributed by atoms with Crippen molar-refractivity contribution in [1.82, 2.24) is 4.90 Å². The molecule has 0 saturated carbocycles. The van der Waals surface area contributed by atoms with E-state index in [1.807, 2.05) is 0 Å². The minimum atomic E-state index is -0.583. The predicted molar refractivity (Wildman–Crippen MR) is 107 cm³/mol. The van der Waals surface area contributed by atoms with Crippen LogP contribution in [-0.4, -0.2) is 31.1 Å². The average molecular weight is 369 g/mol. The highest BCUT2D eigenvalue weighted by Crippen LogP contribution is 2.43. The molecule has 144 valence electrons. The molecule has 1 saturated heterocycles. The number of ether oxygens (including phenoxy) is 1. The van der Waals surface area contributed by atoms with Gasteiger partial charge in [0.2, 0.25) is 0 Å². The largest absolute Gasteiger partial charge is 0.394 e.